The number of carbonyl (C=O) groups is 3. The maximum absolute atomic E-state index is 13.0. The van der Waals surface area contributed by atoms with Crippen LogP contribution in [0.1, 0.15) is 56.9 Å². The van der Waals surface area contributed by atoms with E-state index in [1.54, 1.807) is 12.1 Å². The van der Waals surface area contributed by atoms with Crippen LogP contribution >= 0.6 is 11.6 Å². The molecule has 0 bridgehead atoms. The predicted octanol–water partition coefficient (Wildman–Crippen LogP) is 3.15. The molecule has 3 fully saturated rings. The first-order valence-corrected chi connectivity index (χ1v) is 12.0. The Bertz CT molecular complexity index is 954. The summed E-state index contributed by atoms with van der Waals surface area (Å²) in [6, 6.07) is 7.73. The second kappa shape index (κ2) is 10.0. The molecule has 1 aromatic rings. The van der Waals surface area contributed by atoms with Crippen molar-refractivity contribution in [2.75, 3.05) is 6.54 Å². The van der Waals surface area contributed by atoms with Gasteiger partial charge in [-0.2, -0.15) is 5.26 Å². The average Bonchev–Trinajstić information content (AvgIpc) is 3.71. The van der Waals surface area contributed by atoms with E-state index in [0.717, 1.165) is 24.8 Å². The maximum Gasteiger partial charge on any atom is 0.408 e. The molecule has 0 unspecified atom stereocenters. The summed E-state index contributed by atoms with van der Waals surface area (Å²) in [4.78, 5) is 37.7. The van der Waals surface area contributed by atoms with Crippen LogP contribution in [0.4, 0.5) is 4.79 Å². The molecule has 3 N–H and O–H groups in total. The fourth-order valence-electron chi connectivity index (χ4n) is 4.36. The van der Waals surface area contributed by atoms with Crippen molar-refractivity contribution in [1.29, 1.82) is 5.26 Å². The average molecular weight is 473 g/mol. The summed E-state index contributed by atoms with van der Waals surface area (Å²) < 4.78 is 5.73. The van der Waals surface area contributed by atoms with Crippen molar-refractivity contribution in [2.45, 2.75) is 69.1 Å². The Hall–Kier alpha value is -2.79. The number of hydrogen-bond donors (Lipinski definition) is 3. The van der Waals surface area contributed by atoms with Crippen LogP contribution < -0.4 is 16.0 Å². The molecular weight excluding hydrogens is 444 g/mol. The largest absolute Gasteiger partial charge is 0.438 e. The lowest BCUT2D eigenvalue weighted by Gasteiger charge is -2.25. The number of ether oxygens (including phenoxy) is 1. The van der Waals surface area contributed by atoms with Crippen LogP contribution in [0.15, 0.2) is 24.3 Å². The van der Waals surface area contributed by atoms with Crippen molar-refractivity contribution in [3.63, 3.8) is 0 Å². The van der Waals surface area contributed by atoms with Crippen molar-refractivity contribution in [3.8, 4) is 6.07 Å². The van der Waals surface area contributed by atoms with Gasteiger partial charge < -0.3 is 20.7 Å². The van der Waals surface area contributed by atoms with Crippen molar-refractivity contribution < 1.29 is 19.1 Å². The Kier molecular flexibility index (Phi) is 7.08. The second-order valence-electron chi connectivity index (χ2n) is 9.33. The monoisotopic (exact) mass is 472 g/mol. The maximum atomic E-state index is 13.0. The molecular formula is C24H29ClN4O4. The number of halogens is 1. The minimum Gasteiger partial charge on any atom is -0.438 e. The van der Waals surface area contributed by atoms with Gasteiger partial charge in [0.05, 0.1) is 6.07 Å². The topological polar surface area (TPSA) is 120 Å². The molecule has 1 heterocycles. The summed E-state index contributed by atoms with van der Waals surface area (Å²) in [7, 11) is 0. The fraction of sp³-hybridized carbons (Fsp3) is 0.583. The van der Waals surface area contributed by atoms with Gasteiger partial charge in [0, 0.05) is 17.5 Å². The Morgan fingerprint density at radius 2 is 2.03 bits per heavy atom. The number of nitriles is 1. The number of nitrogens with one attached hydrogen (secondary N) is 3. The first kappa shape index (κ1) is 23.4. The van der Waals surface area contributed by atoms with E-state index < -0.39 is 29.7 Å². The van der Waals surface area contributed by atoms with Crippen LogP contribution in [0.2, 0.25) is 5.02 Å². The van der Waals surface area contributed by atoms with Gasteiger partial charge in [0.25, 0.3) is 0 Å². The summed E-state index contributed by atoms with van der Waals surface area (Å²) in [5, 5.41) is 18.4. The van der Waals surface area contributed by atoms with E-state index in [9.17, 15) is 19.6 Å². The van der Waals surface area contributed by atoms with E-state index in [1.165, 1.54) is 0 Å². The lowest BCUT2D eigenvalue weighted by molar-refractivity contribution is -0.128. The van der Waals surface area contributed by atoms with Crippen molar-refractivity contribution in [2.24, 2.45) is 11.8 Å². The van der Waals surface area contributed by atoms with Crippen molar-refractivity contribution in [1.82, 2.24) is 16.0 Å². The number of piperidine rings is 1. The molecule has 3 atom stereocenters. The van der Waals surface area contributed by atoms with Crippen LogP contribution in [0.3, 0.4) is 0 Å². The lowest BCUT2D eigenvalue weighted by Crippen LogP contribution is -2.51. The van der Waals surface area contributed by atoms with Crippen LogP contribution in [0.25, 0.3) is 0 Å². The van der Waals surface area contributed by atoms with E-state index in [4.69, 9.17) is 16.3 Å². The third-order valence-electron chi connectivity index (χ3n) is 6.61. The zero-order chi connectivity index (χ0) is 23.4. The van der Waals surface area contributed by atoms with E-state index in [-0.39, 0.29) is 18.2 Å². The number of amides is 3. The van der Waals surface area contributed by atoms with E-state index in [0.29, 0.717) is 43.2 Å². The number of carbonyl (C=O) groups excluding carboxylic acids is 3. The highest BCUT2D eigenvalue weighted by molar-refractivity contribution is 6.30. The van der Waals surface area contributed by atoms with Crippen molar-refractivity contribution in [3.05, 3.63) is 34.9 Å². The van der Waals surface area contributed by atoms with Gasteiger partial charge in [0.2, 0.25) is 11.8 Å². The number of nitrogens with zero attached hydrogens (tertiary/aromatic N) is 1. The molecule has 1 saturated heterocycles. The highest BCUT2D eigenvalue weighted by atomic mass is 35.5. The summed E-state index contributed by atoms with van der Waals surface area (Å²) >= 11 is 6.09. The SMILES string of the molecule is N#C[C@H](C[C@@H]1CCCNC1=O)NC(=O)[C@H](CC1CC1)NC(=O)OC1(c2cccc(Cl)c2)CC1. The van der Waals surface area contributed by atoms with Gasteiger partial charge in [-0.1, -0.05) is 36.6 Å². The Labute approximate surface area is 198 Å². The molecule has 2 aliphatic carbocycles. The zero-order valence-corrected chi connectivity index (χ0v) is 19.2. The van der Waals surface area contributed by atoms with Gasteiger partial charge in [0.1, 0.15) is 17.7 Å². The normalized spacial score (nSPS) is 22.8. The van der Waals surface area contributed by atoms with Gasteiger partial charge in [-0.3, -0.25) is 9.59 Å². The van der Waals surface area contributed by atoms with Gasteiger partial charge in [0.15, 0.2) is 0 Å². The van der Waals surface area contributed by atoms with Crippen LogP contribution in [-0.4, -0.2) is 36.5 Å². The van der Waals surface area contributed by atoms with Crippen LogP contribution in [0, 0.1) is 23.2 Å². The molecule has 4 rings (SSSR count). The molecule has 0 radical (unpaired) electrons. The number of hydrogen-bond acceptors (Lipinski definition) is 5. The van der Waals surface area contributed by atoms with Gasteiger partial charge in [-0.05, 0) is 62.1 Å². The quantitative estimate of drug-likeness (QED) is 0.510. The summed E-state index contributed by atoms with van der Waals surface area (Å²) in [5.41, 5.74) is 0.128. The minimum absolute atomic E-state index is 0.0808. The van der Waals surface area contributed by atoms with Crippen LogP contribution in [-0.2, 0) is 19.9 Å². The molecule has 33 heavy (non-hydrogen) atoms. The highest BCUT2D eigenvalue weighted by Crippen LogP contribution is 2.49. The third-order valence-corrected chi connectivity index (χ3v) is 6.84. The van der Waals surface area contributed by atoms with Crippen LogP contribution in [0.5, 0.6) is 0 Å². The molecule has 0 spiro atoms. The Balaban J connectivity index is 1.36. The number of rotatable bonds is 9. The zero-order valence-electron chi connectivity index (χ0n) is 18.4. The molecule has 3 amide bonds. The third kappa shape index (κ3) is 6.17. The molecule has 8 nitrogen and oxygen atoms in total. The summed E-state index contributed by atoms with van der Waals surface area (Å²) in [6.07, 6.45) is 5.05. The van der Waals surface area contributed by atoms with Crippen molar-refractivity contribution >= 4 is 29.5 Å². The smallest absolute Gasteiger partial charge is 0.408 e. The first-order chi connectivity index (χ1) is 15.9. The van der Waals surface area contributed by atoms with E-state index in [1.807, 2.05) is 12.1 Å². The van der Waals surface area contributed by atoms with Gasteiger partial charge >= 0.3 is 6.09 Å². The highest BCUT2D eigenvalue weighted by Gasteiger charge is 2.49. The molecule has 176 valence electrons. The van der Waals surface area contributed by atoms with Gasteiger partial charge in [-0.15, -0.1) is 0 Å². The predicted molar refractivity (Wildman–Crippen MR) is 121 cm³/mol. The summed E-state index contributed by atoms with van der Waals surface area (Å²) in [5.74, 6) is -0.429. The number of alkyl carbamates (subject to hydrolysis) is 1. The fourth-order valence-corrected chi connectivity index (χ4v) is 4.55. The standard InChI is InChI=1S/C24H29ClN4O4/c25-18-5-1-4-17(13-18)24(8-9-24)33-23(32)29-20(11-15-6-7-15)22(31)28-19(14-26)12-16-3-2-10-27-21(16)30/h1,4-5,13,15-16,19-20H,2-3,6-12H2,(H,27,30)(H,28,31)(H,29,32)/t16-,19-,20-/m0/s1. The first-order valence-electron chi connectivity index (χ1n) is 11.6. The summed E-state index contributed by atoms with van der Waals surface area (Å²) in [6.45, 7) is 0.644. The molecule has 1 aliphatic heterocycles. The molecule has 9 heteroatoms. The van der Waals surface area contributed by atoms with E-state index in [2.05, 4.69) is 22.0 Å². The molecule has 3 aliphatic rings. The minimum atomic E-state index is -0.799. The molecule has 0 aromatic heterocycles. The lowest BCUT2D eigenvalue weighted by atomic mass is 9.92. The van der Waals surface area contributed by atoms with Gasteiger partial charge in [-0.25, -0.2) is 4.79 Å². The number of benzene rings is 1. The van der Waals surface area contributed by atoms with E-state index >= 15 is 0 Å². The second-order valence-corrected chi connectivity index (χ2v) is 9.76. The Morgan fingerprint density at radius 1 is 1.24 bits per heavy atom. The molecule has 2 saturated carbocycles. The Morgan fingerprint density at radius 3 is 2.67 bits per heavy atom. The molecule has 1 aromatic carbocycles.